The first kappa shape index (κ1) is 19.7. The van der Waals surface area contributed by atoms with E-state index in [2.05, 4.69) is 59.6 Å². The number of para-hydroxylation sites is 2. The van der Waals surface area contributed by atoms with Crippen molar-refractivity contribution < 1.29 is 33.8 Å². The van der Waals surface area contributed by atoms with E-state index in [0.29, 0.717) is 0 Å². The van der Waals surface area contributed by atoms with Crippen LogP contribution in [-0.2, 0) is 0 Å². The van der Waals surface area contributed by atoms with Gasteiger partial charge in [0.15, 0.2) is 0 Å². The number of hydrogen-bond acceptors (Lipinski definition) is 5. The molecular weight excluding hydrogens is 367 g/mol. The van der Waals surface area contributed by atoms with E-state index in [1.807, 2.05) is 12.1 Å². The lowest BCUT2D eigenvalue weighted by Crippen LogP contribution is -3.03. The van der Waals surface area contributed by atoms with Crippen LogP contribution in [0.2, 0.25) is 0 Å². The van der Waals surface area contributed by atoms with Crippen molar-refractivity contribution in [3.63, 3.8) is 0 Å². The van der Waals surface area contributed by atoms with Crippen molar-refractivity contribution in [3.8, 4) is 0 Å². The molecule has 0 radical (unpaired) electrons. The Labute approximate surface area is 153 Å². The number of benzene rings is 2. The maximum atomic E-state index is 8.49. The maximum Gasteiger partial charge on any atom is 0.135 e. The molecule has 1 heterocycles. The van der Waals surface area contributed by atoms with Crippen LogP contribution in [0.15, 0.2) is 71.9 Å². The van der Waals surface area contributed by atoms with Crippen LogP contribution in [0, 0.1) is 10.2 Å². The predicted molar refractivity (Wildman–Crippen MR) is 84.5 cm³/mol. The molecule has 1 aliphatic rings. The van der Waals surface area contributed by atoms with E-state index in [-0.39, 0.29) is 0 Å². The number of nitrogens with one attached hydrogen (secondary N) is 1. The fraction of sp³-hybridized carbons (Fsp3) is 0.176. The third-order valence-electron chi connectivity index (χ3n) is 3.59. The SMILES string of the molecule is ClC1=C[NH+](c2ccccc2)CCN(c2ccccc2)C1.[O-][Cl+3]([O-])([O-])[O-]. The van der Waals surface area contributed by atoms with Crippen molar-refractivity contribution in [1.82, 2.24) is 0 Å². The molecule has 3 rings (SSSR count). The van der Waals surface area contributed by atoms with Gasteiger partial charge in [-0.15, -0.1) is 10.2 Å². The number of anilines is 1. The van der Waals surface area contributed by atoms with Crippen LogP contribution in [0.4, 0.5) is 11.4 Å². The minimum Gasteiger partial charge on any atom is -0.360 e. The van der Waals surface area contributed by atoms with Gasteiger partial charge in [-0.2, -0.15) is 0 Å². The fourth-order valence-corrected chi connectivity index (χ4v) is 2.84. The number of nitrogens with zero attached hydrogens (tertiary/aromatic N) is 1. The number of hydrogen-bond donors (Lipinski definition) is 1. The zero-order valence-electron chi connectivity index (χ0n) is 13.3. The zero-order valence-corrected chi connectivity index (χ0v) is 14.8. The first-order valence-corrected chi connectivity index (χ1v) is 9.13. The largest absolute Gasteiger partial charge is 0.360 e. The zero-order chi connectivity index (χ0) is 18.3. The van der Waals surface area contributed by atoms with Crippen molar-refractivity contribution >= 4 is 23.0 Å². The second-order valence-corrected chi connectivity index (χ2v) is 6.61. The van der Waals surface area contributed by atoms with Gasteiger partial charge >= 0.3 is 0 Å². The molecular formula is C17H18Cl2N2O4. The van der Waals surface area contributed by atoms with Gasteiger partial charge < -0.3 is 4.90 Å². The second-order valence-electron chi connectivity index (χ2n) is 5.37. The highest BCUT2D eigenvalue weighted by Crippen LogP contribution is 2.17. The van der Waals surface area contributed by atoms with Gasteiger partial charge in [-0.25, -0.2) is 18.6 Å². The molecule has 1 aliphatic heterocycles. The Morgan fingerprint density at radius 2 is 1.40 bits per heavy atom. The smallest absolute Gasteiger partial charge is 0.135 e. The van der Waals surface area contributed by atoms with E-state index in [9.17, 15) is 0 Å². The predicted octanol–water partition coefficient (Wildman–Crippen LogP) is -1.95. The fourth-order valence-electron chi connectivity index (χ4n) is 2.56. The van der Waals surface area contributed by atoms with Crippen molar-refractivity contribution in [3.05, 3.63) is 71.9 Å². The lowest BCUT2D eigenvalue weighted by atomic mass is 10.3. The van der Waals surface area contributed by atoms with Crippen LogP contribution in [0.5, 0.6) is 0 Å². The molecule has 2 aromatic carbocycles. The van der Waals surface area contributed by atoms with E-state index in [1.165, 1.54) is 16.3 Å². The summed E-state index contributed by atoms with van der Waals surface area (Å²) in [5.41, 5.74) is 2.49. The van der Waals surface area contributed by atoms with Gasteiger partial charge in [-0.3, -0.25) is 4.90 Å². The van der Waals surface area contributed by atoms with E-state index < -0.39 is 10.2 Å². The summed E-state index contributed by atoms with van der Waals surface area (Å²) >= 11 is 6.41. The average Bonchev–Trinajstić information content (AvgIpc) is 2.77. The molecule has 1 unspecified atom stereocenters. The summed E-state index contributed by atoms with van der Waals surface area (Å²) in [6, 6.07) is 20.9. The Morgan fingerprint density at radius 3 is 1.96 bits per heavy atom. The monoisotopic (exact) mass is 384 g/mol. The Morgan fingerprint density at radius 1 is 0.880 bits per heavy atom. The molecule has 0 amide bonds. The van der Waals surface area contributed by atoms with Crippen LogP contribution in [0.1, 0.15) is 0 Å². The van der Waals surface area contributed by atoms with Gasteiger partial charge in [0.1, 0.15) is 18.4 Å². The van der Waals surface area contributed by atoms with Crippen LogP contribution in [0.3, 0.4) is 0 Å². The Bertz CT molecular complexity index is 672. The van der Waals surface area contributed by atoms with Crippen molar-refractivity contribution in [2.24, 2.45) is 0 Å². The van der Waals surface area contributed by atoms with Gasteiger partial charge in [0.25, 0.3) is 0 Å². The van der Waals surface area contributed by atoms with E-state index in [4.69, 9.17) is 30.2 Å². The molecule has 0 spiro atoms. The quantitative estimate of drug-likeness (QED) is 0.648. The topological polar surface area (TPSA) is 99.9 Å². The lowest BCUT2D eigenvalue weighted by molar-refractivity contribution is -2.00. The Balaban J connectivity index is 0.000000399. The summed E-state index contributed by atoms with van der Waals surface area (Å²) in [4.78, 5) is 3.64. The molecule has 8 heteroatoms. The van der Waals surface area contributed by atoms with Crippen LogP contribution >= 0.6 is 11.6 Å². The van der Waals surface area contributed by atoms with Gasteiger partial charge in [0, 0.05) is 5.69 Å². The van der Waals surface area contributed by atoms with Crippen LogP contribution in [0.25, 0.3) is 0 Å². The minimum absolute atomic E-state index is 0.780. The standard InChI is InChI=1S/C17H17ClN2.ClHO4/c18-15-13-19(16-7-3-1-4-8-16)11-12-20(14-15)17-9-5-2-6-10-17;2-1(3,4)5/h1-10,13H,11-12,14H2;(H,2,3,4,5). The van der Waals surface area contributed by atoms with Gasteiger partial charge in [-0.1, -0.05) is 48.0 Å². The minimum atomic E-state index is -4.94. The number of rotatable bonds is 2. The summed E-state index contributed by atoms with van der Waals surface area (Å²) in [7, 11) is -4.94. The van der Waals surface area contributed by atoms with E-state index in [1.54, 1.807) is 0 Å². The molecule has 1 N–H and O–H groups in total. The average molecular weight is 385 g/mol. The third-order valence-corrected chi connectivity index (χ3v) is 3.82. The molecule has 2 aromatic rings. The summed E-state index contributed by atoms with van der Waals surface area (Å²) in [6.07, 6.45) is 2.12. The van der Waals surface area contributed by atoms with E-state index in [0.717, 1.165) is 24.7 Å². The van der Waals surface area contributed by atoms with Gasteiger partial charge in [0.2, 0.25) is 0 Å². The summed E-state index contributed by atoms with van der Waals surface area (Å²) in [5, 5.41) is 0.894. The third kappa shape index (κ3) is 7.41. The molecule has 0 aliphatic carbocycles. The Kier molecular flexibility index (Phi) is 7.22. The molecule has 0 aromatic heterocycles. The second kappa shape index (κ2) is 9.17. The Hall–Kier alpha value is -1.64. The molecule has 25 heavy (non-hydrogen) atoms. The molecule has 0 saturated heterocycles. The number of quaternary nitrogens is 1. The molecule has 1 atom stereocenters. The van der Waals surface area contributed by atoms with Gasteiger partial charge in [0.05, 0.1) is 18.1 Å². The normalized spacial score (nSPS) is 17.9. The maximum absolute atomic E-state index is 8.49. The van der Waals surface area contributed by atoms with Crippen molar-refractivity contribution in [1.29, 1.82) is 0 Å². The molecule has 0 fully saturated rings. The van der Waals surface area contributed by atoms with Crippen LogP contribution in [-0.4, -0.2) is 19.6 Å². The highest BCUT2D eigenvalue weighted by Gasteiger charge is 2.19. The number of halogens is 2. The highest BCUT2D eigenvalue weighted by atomic mass is 35.7. The molecule has 0 saturated carbocycles. The van der Waals surface area contributed by atoms with E-state index >= 15 is 0 Å². The summed E-state index contributed by atoms with van der Waals surface area (Å²) in [5.74, 6) is 0. The van der Waals surface area contributed by atoms with Crippen molar-refractivity contribution in [2.75, 3.05) is 24.5 Å². The lowest BCUT2D eigenvalue weighted by Gasteiger charge is -2.22. The molecule has 6 nitrogen and oxygen atoms in total. The molecule has 134 valence electrons. The summed E-state index contributed by atoms with van der Waals surface area (Å²) in [6.45, 7) is 2.78. The molecule has 0 bridgehead atoms. The van der Waals surface area contributed by atoms with Crippen LogP contribution < -0.4 is 28.4 Å². The summed E-state index contributed by atoms with van der Waals surface area (Å²) < 4.78 is 34.0. The first-order valence-electron chi connectivity index (χ1n) is 7.52. The highest BCUT2D eigenvalue weighted by molar-refractivity contribution is 6.29. The van der Waals surface area contributed by atoms with Gasteiger partial charge in [-0.05, 0) is 24.3 Å². The first-order chi connectivity index (χ1) is 11.8. The van der Waals surface area contributed by atoms with Crippen molar-refractivity contribution in [2.45, 2.75) is 0 Å².